The maximum atomic E-state index is 12.0. The van der Waals surface area contributed by atoms with Crippen LogP contribution in [0.4, 0.5) is 5.69 Å². The van der Waals surface area contributed by atoms with E-state index in [-0.39, 0.29) is 16.7 Å². The van der Waals surface area contributed by atoms with Crippen LogP contribution in [0.3, 0.4) is 0 Å². The number of sulfonamides is 1. The summed E-state index contributed by atoms with van der Waals surface area (Å²) in [6, 6.07) is 4.78. The van der Waals surface area contributed by atoms with Crippen LogP contribution in [0, 0.1) is 12.8 Å². The van der Waals surface area contributed by atoms with Gasteiger partial charge in [0, 0.05) is 25.7 Å². The quantitative estimate of drug-likeness (QED) is 0.912. The van der Waals surface area contributed by atoms with Crippen LogP contribution < -0.4 is 5.32 Å². The van der Waals surface area contributed by atoms with Crippen molar-refractivity contribution in [3.63, 3.8) is 0 Å². The van der Waals surface area contributed by atoms with E-state index in [0.29, 0.717) is 5.69 Å². The fourth-order valence-corrected chi connectivity index (χ4v) is 2.62. The second-order valence-electron chi connectivity index (χ2n) is 5.03. The number of carbonyl (C=O) groups is 1. The standard InChI is InChI=1S/C13H18N2O3S/c1-9-4-7-11(19(17,18)15(2)3)8-12(9)14-13(16)10-5-6-10/h4,7-8,10H,5-6H2,1-3H3,(H,14,16). The molecule has 0 unspecified atom stereocenters. The first-order valence-electron chi connectivity index (χ1n) is 6.16. The molecule has 1 amide bonds. The molecule has 104 valence electrons. The Morgan fingerprint density at radius 1 is 1.32 bits per heavy atom. The van der Waals surface area contributed by atoms with Crippen LogP contribution in [0.15, 0.2) is 23.1 Å². The largest absolute Gasteiger partial charge is 0.326 e. The van der Waals surface area contributed by atoms with Crippen molar-refractivity contribution in [1.82, 2.24) is 4.31 Å². The first-order chi connectivity index (χ1) is 8.82. The molecule has 1 aliphatic rings. The number of amides is 1. The van der Waals surface area contributed by atoms with Crippen molar-refractivity contribution in [3.05, 3.63) is 23.8 Å². The summed E-state index contributed by atoms with van der Waals surface area (Å²) >= 11 is 0. The molecule has 1 saturated carbocycles. The van der Waals surface area contributed by atoms with Gasteiger partial charge in [-0.15, -0.1) is 0 Å². The molecule has 6 heteroatoms. The second kappa shape index (κ2) is 4.94. The molecule has 1 aromatic carbocycles. The van der Waals surface area contributed by atoms with Crippen molar-refractivity contribution in [2.24, 2.45) is 5.92 Å². The molecule has 5 nitrogen and oxygen atoms in total. The zero-order chi connectivity index (χ0) is 14.2. The number of aryl methyl sites for hydroxylation is 1. The van der Waals surface area contributed by atoms with Crippen LogP contribution in [-0.4, -0.2) is 32.7 Å². The smallest absolute Gasteiger partial charge is 0.242 e. The first-order valence-corrected chi connectivity index (χ1v) is 7.60. The predicted octanol–water partition coefficient (Wildman–Crippen LogP) is 1.59. The molecule has 1 fully saturated rings. The Balaban J connectivity index is 2.31. The molecule has 1 aromatic rings. The summed E-state index contributed by atoms with van der Waals surface area (Å²) in [5.41, 5.74) is 1.42. The Morgan fingerprint density at radius 2 is 1.95 bits per heavy atom. The summed E-state index contributed by atoms with van der Waals surface area (Å²) in [5, 5.41) is 2.80. The summed E-state index contributed by atoms with van der Waals surface area (Å²) in [7, 11) is -0.507. The van der Waals surface area contributed by atoms with Gasteiger partial charge in [0.15, 0.2) is 0 Å². The van der Waals surface area contributed by atoms with E-state index in [0.717, 1.165) is 22.7 Å². The summed E-state index contributed by atoms with van der Waals surface area (Å²) in [6.45, 7) is 1.84. The molecule has 0 aliphatic heterocycles. The van der Waals surface area contributed by atoms with Gasteiger partial charge in [-0.25, -0.2) is 12.7 Å². The number of nitrogens with one attached hydrogen (secondary N) is 1. The molecule has 0 saturated heterocycles. The third-order valence-electron chi connectivity index (χ3n) is 3.19. The van der Waals surface area contributed by atoms with Gasteiger partial charge in [-0.2, -0.15) is 0 Å². The Morgan fingerprint density at radius 3 is 2.47 bits per heavy atom. The van der Waals surface area contributed by atoms with E-state index in [9.17, 15) is 13.2 Å². The maximum absolute atomic E-state index is 12.0. The van der Waals surface area contributed by atoms with Crippen molar-refractivity contribution in [3.8, 4) is 0 Å². The number of anilines is 1. The third-order valence-corrected chi connectivity index (χ3v) is 5.00. The van der Waals surface area contributed by atoms with Gasteiger partial charge >= 0.3 is 0 Å². The van der Waals surface area contributed by atoms with Crippen molar-refractivity contribution >= 4 is 21.6 Å². The van der Waals surface area contributed by atoms with Crippen molar-refractivity contribution in [2.75, 3.05) is 19.4 Å². The summed E-state index contributed by atoms with van der Waals surface area (Å²) in [6.07, 6.45) is 1.83. The normalized spacial score (nSPS) is 15.6. The van der Waals surface area contributed by atoms with Crippen LogP contribution in [0.2, 0.25) is 0 Å². The fourth-order valence-electron chi connectivity index (χ4n) is 1.69. The van der Waals surface area contributed by atoms with E-state index in [1.54, 1.807) is 12.1 Å². The minimum absolute atomic E-state index is 0.0255. The van der Waals surface area contributed by atoms with Crippen LogP contribution in [0.1, 0.15) is 18.4 Å². The lowest BCUT2D eigenvalue weighted by Crippen LogP contribution is -2.22. The minimum Gasteiger partial charge on any atom is -0.326 e. The molecule has 0 aromatic heterocycles. The number of benzene rings is 1. The van der Waals surface area contributed by atoms with Crippen molar-refractivity contribution < 1.29 is 13.2 Å². The van der Waals surface area contributed by atoms with Gasteiger partial charge < -0.3 is 5.32 Å². The Labute approximate surface area is 113 Å². The molecular formula is C13H18N2O3S. The van der Waals surface area contributed by atoms with E-state index in [1.165, 1.54) is 20.2 Å². The highest BCUT2D eigenvalue weighted by Crippen LogP contribution is 2.31. The lowest BCUT2D eigenvalue weighted by Gasteiger charge is -2.14. The highest BCUT2D eigenvalue weighted by Gasteiger charge is 2.30. The Bertz CT molecular complexity index is 604. The molecule has 1 aliphatic carbocycles. The number of hydrogen-bond donors (Lipinski definition) is 1. The Hall–Kier alpha value is -1.40. The van der Waals surface area contributed by atoms with Gasteiger partial charge in [0.2, 0.25) is 15.9 Å². The van der Waals surface area contributed by atoms with Crippen LogP contribution in [0.25, 0.3) is 0 Å². The lowest BCUT2D eigenvalue weighted by atomic mass is 10.2. The first kappa shape index (κ1) is 14.0. The number of carbonyl (C=O) groups excluding carboxylic acids is 1. The molecular weight excluding hydrogens is 264 g/mol. The SMILES string of the molecule is Cc1ccc(S(=O)(=O)N(C)C)cc1NC(=O)C1CC1. The van der Waals surface area contributed by atoms with E-state index in [4.69, 9.17) is 0 Å². The Kier molecular flexibility index (Phi) is 3.64. The topological polar surface area (TPSA) is 66.5 Å². The summed E-state index contributed by atoms with van der Waals surface area (Å²) in [5.74, 6) is 0.0658. The molecule has 1 N–H and O–H groups in total. The molecule has 2 rings (SSSR count). The molecule has 0 atom stereocenters. The molecule has 0 radical (unpaired) electrons. The van der Waals surface area contributed by atoms with Gasteiger partial charge in [-0.1, -0.05) is 6.07 Å². The molecule has 0 bridgehead atoms. The van der Waals surface area contributed by atoms with Gasteiger partial charge in [-0.3, -0.25) is 4.79 Å². The number of nitrogens with zero attached hydrogens (tertiary/aromatic N) is 1. The summed E-state index contributed by atoms with van der Waals surface area (Å²) < 4.78 is 25.2. The van der Waals surface area contributed by atoms with Gasteiger partial charge in [0.1, 0.15) is 0 Å². The average Bonchev–Trinajstić information content (AvgIpc) is 3.15. The third kappa shape index (κ3) is 2.96. The fraction of sp³-hybridized carbons (Fsp3) is 0.462. The van der Waals surface area contributed by atoms with Crippen molar-refractivity contribution in [1.29, 1.82) is 0 Å². The highest BCUT2D eigenvalue weighted by atomic mass is 32.2. The number of hydrogen-bond acceptors (Lipinski definition) is 3. The van der Waals surface area contributed by atoms with Gasteiger partial charge in [0.05, 0.1) is 4.90 Å². The average molecular weight is 282 g/mol. The van der Waals surface area contributed by atoms with Crippen LogP contribution in [-0.2, 0) is 14.8 Å². The predicted molar refractivity (Wildman–Crippen MR) is 73.4 cm³/mol. The van der Waals surface area contributed by atoms with E-state index < -0.39 is 10.0 Å². The van der Waals surface area contributed by atoms with E-state index in [2.05, 4.69) is 5.32 Å². The van der Waals surface area contributed by atoms with Gasteiger partial charge in [0.25, 0.3) is 0 Å². The lowest BCUT2D eigenvalue weighted by molar-refractivity contribution is -0.117. The molecule has 0 spiro atoms. The molecule has 19 heavy (non-hydrogen) atoms. The second-order valence-corrected chi connectivity index (χ2v) is 7.18. The van der Waals surface area contributed by atoms with E-state index >= 15 is 0 Å². The zero-order valence-electron chi connectivity index (χ0n) is 11.3. The van der Waals surface area contributed by atoms with Crippen molar-refractivity contribution in [2.45, 2.75) is 24.7 Å². The maximum Gasteiger partial charge on any atom is 0.242 e. The van der Waals surface area contributed by atoms with E-state index in [1.807, 2.05) is 6.92 Å². The minimum atomic E-state index is -3.47. The monoisotopic (exact) mass is 282 g/mol. The summed E-state index contributed by atoms with van der Waals surface area (Å²) in [4.78, 5) is 11.9. The molecule has 0 heterocycles. The van der Waals surface area contributed by atoms with Crippen LogP contribution in [0.5, 0.6) is 0 Å². The number of rotatable bonds is 4. The van der Waals surface area contributed by atoms with Crippen LogP contribution >= 0.6 is 0 Å². The zero-order valence-corrected chi connectivity index (χ0v) is 12.1. The van der Waals surface area contributed by atoms with Gasteiger partial charge in [-0.05, 0) is 37.5 Å². The highest BCUT2D eigenvalue weighted by molar-refractivity contribution is 7.89.